The first-order valence-corrected chi connectivity index (χ1v) is 5.04. The van der Waals surface area contributed by atoms with Gasteiger partial charge in [0.1, 0.15) is 5.82 Å². The molecule has 1 aromatic rings. The van der Waals surface area contributed by atoms with Gasteiger partial charge in [0, 0.05) is 13.6 Å². The highest BCUT2D eigenvalue weighted by molar-refractivity contribution is 5.47. The predicted octanol–water partition coefficient (Wildman–Crippen LogP) is 2.57. The minimum atomic E-state index is -0.228. The zero-order valence-corrected chi connectivity index (χ0v) is 8.70. The van der Waals surface area contributed by atoms with Crippen LogP contribution in [-0.4, -0.2) is 13.6 Å². The molecule has 78 valence electrons. The molecular formula is C12H13FN2. The van der Waals surface area contributed by atoms with Gasteiger partial charge in [0.05, 0.1) is 17.2 Å². The van der Waals surface area contributed by atoms with Crippen molar-refractivity contribution in [2.75, 3.05) is 18.5 Å². The van der Waals surface area contributed by atoms with E-state index in [4.69, 9.17) is 5.26 Å². The van der Waals surface area contributed by atoms with Crippen LogP contribution in [0.15, 0.2) is 24.3 Å². The number of halogens is 1. The van der Waals surface area contributed by atoms with Gasteiger partial charge in [-0.3, -0.25) is 0 Å². The van der Waals surface area contributed by atoms with Crippen LogP contribution >= 0.6 is 0 Å². The topological polar surface area (TPSA) is 27.0 Å². The molecule has 1 aliphatic carbocycles. The lowest BCUT2D eigenvalue weighted by Crippen LogP contribution is -2.26. The Balaban J connectivity index is 2.12. The van der Waals surface area contributed by atoms with Crippen molar-refractivity contribution in [3.63, 3.8) is 0 Å². The number of anilines is 1. The van der Waals surface area contributed by atoms with Crippen molar-refractivity contribution in [3.05, 3.63) is 30.1 Å². The highest BCUT2D eigenvalue weighted by Crippen LogP contribution is 2.45. The zero-order chi connectivity index (χ0) is 10.9. The van der Waals surface area contributed by atoms with E-state index >= 15 is 0 Å². The summed E-state index contributed by atoms with van der Waals surface area (Å²) in [6.07, 6.45) is 1.87. The molecule has 0 N–H and O–H groups in total. The molecule has 0 heterocycles. The number of rotatable bonds is 3. The number of nitrogens with zero attached hydrogens (tertiary/aromatic N) is 2. The Morgan fingerprint density at radius 2 is 2.13 bits per heavy atom. The Morgan fingerprint density at radius 3 is 2.67 bits per heavy atom. The average Bonchev–Trinajstić information content (AvgIpc) is 2.99. The number of para-hydroxylation sites is 1. The fourth-order valence-electron chi connectivity index (χ4n) is 1.76. The zero-order valence-electron chi connectivity index (χ0n) is 8.70. The van der Waals surface area contributed by atoms with Gasteiger partial charge in [-0.15, -0.1) is 0 Å². The molecule has 0 radical (unpaired) electrons. The molecule has 1 aromatic carbocycles. The molecule has 0 atom stereocenters. The van der Waals surface area contributed by atoms with Gasteiger partial charge in [-0.05, 0) is 25.0 Å². The number of nitriles is 1. The molecule has 0 amide bonds. The second-order valence-corrected chi connectivity index (χ2v) is 4.20. The van der Waals surface area contributed by atoms with Gasteiger partial charge in [-0.1, -0.05) is 12.1 Å². The van der Waals surface area contributed by atoms with Crippen molar-refractivity contribution < 1.29 is 4.39 Å². The third kappa shape index (κ3) is 1.94. The van der Waals surface area contributed by atoms with Gasteiger partial charge < -0.3 is 4.90 Å². The Morgan fingerprint density at radius 1 is 1.47 bits per heavy atom. The first-order chi connectivity index (χ1) is 7.17. The highest BCUT2D eigenvalue weighted by atomic mass is 19.1. The van der Waals surface area contributed by atoms with Crippen LogP contribution in [-0.2, 0) is 0 Å². The fraction of sp³-hybridized carbons (Fsp3) is 0.417. The molecule has 0 saturated heterocycles. The second-order valence-electron chi connectivity index (χ2n) is 4.20. The average molecular weight is 204 g/mol. The van der Waals surface area contributed by atoms with Crippen molar-refractivity contribution in [2.45, 2.75) is 12.8 Å². The molecular weight excluding hydrogens is 191 g/mol. The minimum Gasteiger partial charge on any atom is -0.371 e. The van der Waals surface area contributed by atoms with E-state index in [1.165, 1.54) is 6.07 Å². The molecule has 0 spiro atoms. The van der Waals surface area contributed by atoms with Gasteiger partial charge in [0.25, 0.3) is 0 Å². The van der Waals surface area contributed by atoms with E-state index in [1.54, 1.807) is 18.2 Å². The summed E-state index contributed by atoms with van der Waals surface area (Å²) < 4.78 is 13.4. The molecule has 1 saturated carbocycles. The smallest absolute Gasteiger partial charge is 0.146 e. The van der Waals surface area contributed by atoms with Crippen LogP contribution in [0.4, 0.5) is 10.1 Å². The normalized spacial score (nSPS) is 16.9. The molecule has 15 heavy (non-hydrogen) atoms. The van der Waals surface area contributed by atoms with E-state index in [0.717, 1.165) is 12.8 Å². The molecule has 2 rings (SSSR count). The monoisotopic (exact) mass is 204 g/mol. The maximum atomic E-state index is 13.4. The third-order valence-electron chi connectivity index (χ3n) is 2.89. The number of hydrogen-bond acceptors (Lipinski definition) is 2. The maximum Gasteiger partial charge on any atom is 0.146 e. The van der Waals surface area contributed by atoms with Crippen molar-refractivity contribution in [3.8, 4) is 6.07 Å². The highest BCUT2D eigenvalue weighted by Gasteiger charge is 2.44. The summed E-state index contributed by atoms with van der Waals surface area (Å²) >= 11 is 0. The largest absolute Gasteiger partial charge is 0.371 e. The van der Waals surface area contributed by atoms with E-state index in [-0.39, 0.29) is 11.2 Å². The molecule has 0 aromatic heterocycles. The Bertz CT molecular complexity index is 404. The summed E-state index contributed by atoms with van der Waals surface area (Å²) in [6, 6.07) is 8.97. The molecule has 1 fully saturated rings. The van der Waals surface area contributed by atoms with Crippen molar-refractivity contribution in [1.29, 1.82) is 5.26 Å². The summed E-state index contributed by atoms with van der Waals surface area (Å²) in [4.78, 5) is 1.82. The van der Waals surface area contributed by atoms with Crippen LogP contribution in [0.25, 0.3) is 0 Å². The Hall–Kier alpha value is -1.56. The van der Waals surface area contributed by atoms with Crippen LogP contribution in [0.1, 0.15) is 12.8 Å². The summed E-state index contributed by atoms with van der Waals surface area (Å²) in [5, 5.41) is 8.95. The van der Waals surface area contributed by atoms with Gasteiger partial charge >= 0.3 is 0 Å². The summed E-state index contributed by atoms with van der Waals surface area (Å²) in [7, 11) is 1.83. The quantitative estimate of drug-likeness (QED) is 0.756. The first kappa shape index (κ1) is 9.97. The lowest BCUT2D eigenvalue weighted by molar-refractivity contribution is 0.603. The van der Waals surface area contributed by atoms with E-state index < -0.39 is 0 Å². The first-order valence-electron chi connectivity index (χ1n) is 5.04. The molecule has 0 bridgehead atoms. The van der Waals surface area contributed by atoms with Crippen molar-refractivity contribution in [1.82, 2.24) is 0 Å². The Kier molecular flexibility index (Phi) is 2.36. The minimum absolute atomic E-state index is 0.225. The van der Waals surface area contributed by atoms with Crippen LogP contribution in [0.3, 0.4) is 0 Å². The fourth-order valence-corrected chi connectivity index (χ4v) is 1.76. The lowest BCUT2D eigenvalue weighted by Gasteiger charge is -2.22. The predicted molar refractivity (Wildman–Crippen MR) is 57.0 cm³/mol. The SMILES string of the molecule is CN(CC1(C#N)CC1)c1ccccc1F. The maximum absolute atomic E-state index is 13.4. The van der Waals surface area contributed by atoms with Crippen LogP contribution in [0, 0.1) is 22.6 Å². The molecule has 3 heteroatoms. The molecule has 0 unspecified atom stereocenters. The summed E-state index contributed by atoms with van der Waals surface area (Å²) in [5.41, 5.74) is 0.343. The third-order valence-corrected chi connectivity index (χ3v) is 2.89. The molecule has 1 aliphatic rings. The summed E-state index contributed by atoms with van der Waals surface area (Å²) in [5.74, 6) is -0.228. The van der Waals surface area contributed by atoms with E-state index in [2.05, 4.69) is 6.07 Å². The summed E-state index contributed by atoms with van der Waals surface area (Å²) in [6.45, 7) is 0.616. The lowest BCUT2D eigenvalue weighted by atomic mass is 10.1. The van der Waals surface area contributed by atoms with Gasteiger partial charge in [0.15, 0.2) is 0 Å². The van der Waals surface area contributed by atoms with Crippen molar-refractivity contribution in [2.24, 2.45) is 5.41 Å². The Labute approximate surface area is 88.9 Å². The van der Waals surface area contributed by atoms with Gasteiger partial charge in [0.2, 0.25) is 0 Å². The number of benzene rings is 1. The van der Waals surface area contributed by atoms with E-state index in [1.807, 2.05) is 11.9 Å². The number of hydrogen-bond donors (Lipinski definition) is 0. The van der Waals surface area contributed by atoms with E-state index in [0.29, 0.717) is 12.2 Å². The van der Waals surface area contributed by atoms with Crippen LogP contribution in [0.2, 0.25) is 0 Å². The molecule has 2 nitrogen and oxygen atoms in total. The van der Waals surface area contributed by atoms with Crippen LogP contribution in [0.5, 0.6) is 0 Å². The van der Waals surface area contributed by atoms with Crippen LogP contribution < -0.4 is 4.90 Å². The second kappa shape index (κ2) is 3.54. The molecule has 0 aliphatic heterocycles. The van der Waals surface area contributed by atoms with E-state index in [9.17, 15) is 4.39 Å². The van der Waals surface area contributed by atoms with Gasteiger partial charge in [-0.2, -0.15) is 5.26 Å². The standard InChI is InChI=1S/C12H13FN2/c1-15(9-12(8-14)6-7-12)11-5-3-2-4-10(11)13/h2-5H,6-7,9H2,1H3. The van der Waals surface area contributed by atoms with Gasteiger partial charge in [-0.25, -0.2) is 4.39 Å². The van der Waals surface area contributed by atoms with Crippen molar-refractivity contribution >= 4 is 5.69 Å².